The summed E-state index contributed by atoms with van der Waals surface area (Å²) < 4.78 is 34.6. The lowest BCUT2D eigenvalue weighted by molar-refractivity contribution is 0.391. The first-order valence-corrected chi connectivity index (χ1v) is 9.37. The van der Waals surface area contributed by atoms with Crippen LogP contribution in [-0.4, -0.2) is 24.9 Å². The van der Waals surface area contributed by atoms with Gasteiger partial charge in [-0.2, -0.15) is 4.98 Å². The lowest BCUT2D eigenvalue weighted by Crippen LogP contribution is -1.96. The molecule has 4 rings (SSSR count). The van der Waals surface area contributed by atoms with Crippen molar-refractivity contribution >= 4 is 11.8 Å². The van der Waals surface area contributed by atoms with Crippen LogP contribution in [0.3, 0.4) is 0 Å². The fourth-order valence-electron chi connectivity index (χ4n) is 2.61. The number of nitrogens with zero attached hydrogens (tertiary/aromatic N) is 5. The van der Waals surface area contributed by atoms with E-state index in [0.717, 1.165) is 0 Å². The Bertz CT molecular complexity index is 1140. The first-order valence-electron chi connectivity index (χ1n) is 8.39. The van der Waals surface area contributed by atoms with Crippen molar-refractivity contribution in [1.82, 2.24) is 24.9 Å². The lowest BCUT2D eigenvalue weighted by Gasteiger charge is -2.03. The van der Waals surface area contributed by atoms with Crippen LogP contribution < -0.4 is 0 Å². The summed E-state index contributed by atoms with van der Waals surface area (Å²) in [6, 6.07) is 11.2. The zero-order valence-corrected chi connectivity index (χ0v) is 15.9. The second kappa shape index (κ2) is 7.51. The average Bonchev–Trinajstić information content (AvgIpc) is 3.30. The molecule has 4 aromatic rings. The summed E-state index contributed by atoms with van der Waals surface area (Å²) in [5.74, 6) is 0.794. The van der Waals surface area contributed by atoms with Crippen molar-refractivity contribution in [3.8, 4) is 22.8 Å². The Morgan fingerprint density at radius 3 is 2.68 bits per heavy atom. The molecule has 0 amide bonds. The van der Waals surface area contributed by atoms with Gasteiger partial charge in [0.15, 0.2) is 11.0 Å². The SMILES string of the molecule is Cc1ccc(-c2noc(CSc3nnc(-c4ccccc4F)n3C)n2)cc1F. The zero-order valence-electron chi connectivity index (χ0n) is 15.1. The highest BCUT2D eigenvalue weighted by Gasteiger charge is 2.16. The quantitative estimate of drug-likeness (QED) is 0.463. The molecule has 2 aromatic carbocycles. The fourth-order valence-corrected chi connectivity index (χ4v) is 3.36. The Balaban J connectivity index is 1.49. The lowest BCUT2D eigenvalue weighted by atomic mass is 10.1. The van der Waals surface area contributed by atoms with Gasteiger partial charge in [0, 0.05) is 12.6 Å². The molecule has 2 aromatic heterocycles. The van der Waals surface area contributed by atoms with E-state index in [1.807, 2.05) is 0 Å². The molecule has 0 bridgehead atoms. The van der Waals surface area contributed by atoms with Crippen LogP contribution in [0.2, 0.25) is 0 Å². The number of halogens is 2. The third-order valence-corrected chi connectivity index (χ3v) is 5.18. The highest BCUT2D eigenvalue weighted by molar-refractivity contribution is 7.98. The van der Waals surface area contributed by atoms with Crippen LogP contribution in [0.4, 0.5) is 8.78 Å². The molecular formula is C19H15F2N5OS. The second-order valence-electron chi connectivity index (χ2n) is 6.11. The predicted molar refractivity (Wildman–Crippen MR) is 100 cm³/mol. The highest BCUT2D eigenvalue weighted by Crippen LogP contribution is 2.27. The van der Waals surface area contributed by atoms with Crippen molar-refractivity contribution in [2.24, 2.45) is 7.05 Å². The van der Waals surface area contributed by atoms with E-state index >= 15 is 0 Å². The molecule has 2 heterocycles. The van der Waals surface area contributed by atoms with E-state index in [9.17, 15) is 8.78 Å². The second-order valence-corrected chi connectivity index (χ2v) is 7.05. The molecule has 0 aliphatic rings. The Morgan fingerprint density at radius 1 is 1.07 bits per heavy atom. The van der Waals surface area contributed by atoms with Crippen LogP contribution in [0.15, 0.2) is 52.1 Å². The number of hydrogen-bond donors (Lipinski definition) is 0. The molecule has 0 saturated carbocycles. The normalized spacial score (nSPS) is 11.1. The van der Waals surface area contributed by atoms with E-state index in [1.54, 1.807) is 48.9 Å². The summed E-state index contributed by atoms with van der Waals surface area (Å²) in [5, 5.41) is 12.7. The van der Waals surface area contributed by atoms with Crippen molar-refractivity contribution in [3.05, 3.63) is 65.6 Å². The minimum absolute atomic E-state index is 0.319. The zero-order chi connectivity index (χ0) is 19.7. The summed E-state index contributed by atoms with van der Waals surface area (Å²) in [6.07, 6.45) is 0. The largest absolute Gasteiger partial charge is 0.338 e. The van der Waals surface area contributed by atoms with Gasteiger partial charge in [-0.3, -0.25) is 0 Å². The Hall–Kier alpha value is -3.07. The summed E-state index contributed by atoms with van der Waals surface area (Å²) in [7, 11) is 1.76. The molecule has 28 heavy (non-hydrogen) atoms. The number of thioether (sulfide) groups is 1. The third-order valence-electron chi connectivity index (χ3n) is 4.17. The van der Waals surface area contributed by atoms with Crippen molar-refractivity contribution in [3.63, 3.8) is 0 Å². The van der Waals surface area contributed by atoms with Gasteiger partial charge in [-0.1, -0.05) is 41.2 Å². The molecule has 0 N–H and O–H groups in total. The van der Waals surface area contributed by atoms with Crippen molar-refractivity contribution in [2.75, 3.05) is 0 Å². The van der Waals surface area contributed by atoms with Crippen LogP contribution in [0.1, 0.15) is 11.5 Å². The number of rotatable bonds is 5. The van der Waals surface area contributed by atoms with E-state index in [2.05, 4.69) is 20.3 Å². The summed E-state index contributed by atoms with van der Waals surface area (Å²) in [6.45, 7) is 1.69. The highest BCUT2D eigenvalue weighted by atomic mass is 32.2. The molecule has 0 atom stereocenters. The molecule has 0 unspecified atom stereocenters. The average molecular weight is 399 g/mol. The van der Waals surface area contributed by atoms with Crippen LogP contribution >= 0.6 is 11.8 Å². The van der Waals surface area contributed by atoms with E-state index in [0.29, 0.717) is 45.1 Å². The smallest absolute Gasteiger partial charge is 0.237 e. The summed E-state index contributed by atoms with van der Waals surface area (Å²) in [5.41, 5.74) is 1.48. The van der Waals surface area contributed by atoms with Gasteiger partial charge in [-0.25, -0.2) is 8.78 Å². The van der Waals surface area contributed by atoms with Gasteiger partial charge in [0.05, 0.1) is 11.3 Å². The van der Waals surface area contributed by atoms with E-state index in [4.69, 9.17) is 4.52 Å². The summed E-state index contributed by atoms with van der Waals surface area (Å²) in [4.78, 5) is 4.29. The van der Waals surface area contributed by atoms with Gasteiger partial charge in [0.2, 0.25) is 11.7 Å². The molecule has 0 spiro atoms. The first-order chi connectivity index (χ1) is 13.5. The van der Waals surface area contributed by atoms with Crippen LogP contribution in [-0.2, 0) is 12.8 Å². The number of aromatic nitrogens is 5. The van der Waals surface area contributed by atoms with Gasteiger partial charge < -0.3 is 9.09 Å². The maximum atomic E-state index is 14.0. The molecule has 9 heteroatoms. The van der Waals surface area contributed by atoms with Gasteiger partial charge in [0.1, 0.15) is 11.6 Å². The number of benzene rings is 2. The topological polar surface area (TPSA) is 69.6 Å². The van der Waals surface area contributed by atoms with Gasteiger partial charge in [0.25, 0.3) is 0 Å². The minimum atomic E-state index is -0.360. The number of aryl methyl sites for hydroxylation is 1. The van der Waals surface area contributed by atoms with Crippen LogP contribution in [0.5, 0.6) is 0 Å². The molecule has 0 fully saturated rings. The van der Waals surface area contributed by atoms with Crippen molar-refractivity contribution < 1.29 is 13.3 Å². The molecule has 0 radical (unpaired) electrons. The minimum Gasteiger partial charge on any atom is -0.338 e. The number of hydrogen-bond acceptors (Lipinski definition) is 6. The van der Waals surface area contributed by atoms with Crippen molar-refractivity contribution in [2.45, 2.75) is 17.8 Å². The van der Waals surface area contributed by atoms with Crippen molar-refractivity contribution in [1.29, 1.82) is 0 Å². The molecule has 0 aliphatic heterocycles. The van der Waals surface area contributed by atoms with E-state index in [-0.39, 0.29) is 11.6 Å². The predicted octanol–water partition coefficient (Wildman–Crippen LogP) is 4.41. The van der Waals surface area contributed by atoms with E-state index in [1.165, 1.54) is 23.9 Å². The molecule has 6 nitrogen and oxygen atoms in total. The van der Waals surface area contributed by atoms with E-state index < -0.39 is 0 Å². The molecular weight excluding hydrogens is 384 g/mol. The van der Waals surface area contributed by atoms with Gasteiger partial charge >= 0.3 is 0 Å². The molecule has 0 aliphatic carbocycles. The first kappa shape index (κ1) is 18.3. The monoisotopic (exact) mass is 399 g/mol. The van der Waals surface area contributed by atoms with Gasteiger partial charge in [-0.05, 0) is 30.7 Å². The van der Waals surface area contributed by atoms with Crippen LogP contribution in [0, 0.1) is 18.6 Å². The molecule has 142 valence electrons. The maximum Gasteiger partial charge on any atom is 0.237 e. The Kier molecular flexibility index (Phi) is 4.91. The Morgan fingerprint density at radius 2 is 1.89 bits per heavy atom. The molecule has 0 saturated heterocycles. The Labute approximate surface area is 163 Å². The summed E-state index contributed by atoms with van der Waals surface area (Å²) >= 11 is 1.33. The maximum absolute atomic E-state index is 14.0. The van der Waals surface area contributed by atoms with Crippen LogP contribution in [0.25, 0.3) is 22.8 Å². The fraction of sp³-hybridized carbons (Fsp3) is 0.158. The standard InChI is InChI=1S/C19H15F2N5OS/c1-11-7-8-12(9-15(11)21)17-22-16(27-25-17)10-28-19-24-23-18(26(19)2)13-5-3-4-6-14(13)20/h3-9H,10H2,1-2H3. The third kappa shape index (κ3) is 3.53. The van der Waals surface area contributed by atoms with Gasteiger partial charge in [-0.15, -0.1) is 10.2 Å².